The molecule has 1 aliphatic heterocycles. The Morgan fingerprint density at radius 1 is 1.32 bits per heavy atom. The fourth-order valence-corrected chi connectivity index (χ4v) is 2.72. The van der Waals surface area contributed by atoms with Gasteiger partial charge in [-0.15, -0.1) is 0 Å². The van der Waals surface area contributed by atoms with E-state index in [0.29, 0.717) is 17.5 Å². The summed E-state index contributed by atoms with van der Waals surface area (Å²) in [5.41, 5.74) is 7.80. The van der Waals surface area contributed by atoms with Crippen LogP contribution in [0.1, 0.15) is 12.1 Å². The fraction of sp³-hybridized carbons (Fsp3) is 0.375. The Balaban J connectivity index is 1.98. The molecule has 0 saturated carbocycles. The largest absolute Gasteiger partial charge is 0.378 e. The van der Waals surface area contributed by atoms with E-state index in [9.17, 15) is 0 Å². The van der Waals surface area contributed by atoms with Crippen LogP contribution in [0.3, 0.4) is 0 Å². The molecule has 1 unspecified atom stereocenters. The minimum absolute atomic E-state index is 0.208. The number of hydrogen-bond donors (Lipinski definition) is 1. The summed E-state index contributed by atoms with van der Waals surface area (Å²) in [6, 6.07) is 9.71. The summed E-state index contributed by atoms with van der Waals surface area (Å²) in [7, 11) is 1.66. The molecule has 2 aromatic rings. The number of halogens is 1. The van der Waals surface area contributed by atoms with Crippen LogP contribution in [0.4, 0.5) is 5.82 Å². The molecule has 0 bridgehead atoms. The zero-order valence-corrected chi connectivity index (χ0v) is 13.3. The lowest BCUT2D eigenvalue weighted by Crippen LogP contribution is -2.27. The fourth-order valence-electron chi connectivity index (χ4n) is 2.59. The first-order valence-electron chi connectivity index (χ1n) is 7.29. The number of rotatable bonds is 4. The molecular formula is C16H19ClN4O. The first kappa shape index (κ1) is 15.2. The van der Waals surface area contributed by atoms with Gasteiger partial charge in [-0.2, -0.15) is 0 Å². The van der Waals surface area contributed by atoms with Crippen molar-refractivity contribution in [3.63, 3.8) is 0 Å². The van der Waals surface area contributed by atoms with E-state index in [1.807, 2.05) is 30.3 Å². The van der Waals surface area contributed by atoms with Gasteiger partial charge in [0.25, 0.3) is 0 Å². The highest BCUT2D eigenvalue weighted by Crippen LogP contribution is 2.24. The van der Waals surface area contributed by atoms with E-state index in [1.165, 1.54) is 0 Å². The molecule has 1 fully saturated rings. The third-order valence-corrected chi connectivity index (χ3v) is 3.96. The molecule has 116 valence electrons. The summed E-state index contributed by atoms with van der Waals surface area (Å²) in [4.78, 5) is 11.5. The van der Waals surface area contributed by atoms with Crippen molar-refractivity contribution in [3.8, 4) is 11.4 Å². The van der Waals surface area contributed by atoms with Crippen molar-refractivity contribution in [2.45, 2.75) is 19.1 Å². The van der Waals surface area contributed by atoms with Crippen LogP contribution < -0.4 is 10.6 Å². The number of ether oxygens (including phenoxy) is 1. The number of aromatic nitrogens is 2. The summed E-state index contributed by atoms with van der Waals surface area (Å²) in [6.45, 7) is 2.20. The van der Waals surface area contributed by atoms with Gasteiger partial charge >= 0.3 is 0 Å². The molecule has 1 atom stereocenters. The van der Waals surface area contributed by atoms with Gasteiger partial charge in [0.15, 0.2) is 5.82 Å². The molecule has 0 radical (unpaired) electrons. The van der Waals surface area contributed by atoms with Gasteiger partial charge in [-0.05, 0) is 30.7 Å². The smallest absolute Gasteiger partial charge is 0.161 e. The lowest BCUT2D eigenvalue weighted by molar-refractivity contribution is 0.181. The summed E-state index contributed by atoms with van der Waals surface area (Å²) in [6.07, 6.45) is 0.986. The monoisotopic (exact) mass is 318 g/mol. The predicted molar refractivity (Wildman–Crippen MR) is 88.0 cm³/mol. The van der Waals surface area contributed by atoms with Gasteiger partial charge in [0.2, 0.25) is 0 Å². The predicted octanol–water partition coefficient (Wildman–Crippen LogP) is 2.48. The van der Waals surface area contributed by atoms with E-state index in [1.54, 1.807) is 7.11 Å². The average Bonchev–Trinajstić information content (AvgIpc) is 2.95. The van der Waals surface area contributed by atoms with Gasteiger partial charge < -0.3 is 15.4 Å². The highest BCUT2D eigenvalue weighted by Gasteiger charge is 2.21. The van der Waals surface area contributed by atoms with E-state index in [4.69, 9.17) is 27.1 Å². The third kappa shape index (κ3) is 3.38. The second-order valence-electron chi connectivity index (χ2n) is 5.48. The SMILES string of the molecule is COCc1cc(N2CCC(N)C2)nc(-c2ccc(Cl)cc2)n1. The Morgan fingerprint density at radius 2 is 2.09 bits per heavy atom. The Hall–Kier alpha value is -1.69. The summed E-state index contributed by atoms with van der Waals surface area (Å²) < 4.78 is 5.22. The molecule has 1 aromatic heterocycles. The Morgan fingerprint density at radius 3 is 2.73 bits per heavy atom. The molecule has 1 aliphatic rings. The molecule has 22 heavy (non-hydrogen) atoms. The number of anilines is 1. The molecule has 1 saturated heterocycles. The van der Waals surface area contributed by atoms with E-state index < -0.39 is 0 Å². The molecule has 2 N–H and O–H groups in total. The van der Waals surface area contributed by atoms with Crippen molar-refractivity contribution >= 4 is 17.4 Å². The molecule has 0 amide bonds. The lowest BCUT2D eigenvalue weighted by Gasteiger charge is -2.18. The molecular weight excluding hydrogens is 300 g/mol. The second kappa shape index (κ2) is 6.60. The second-order valence-corrected chi connectivity index (χ2v) is 5.91. The highest BCUT2D eigenvalue weighted by molar-refractivity contribution is 6.30. The van der Waals surface area contributed by atoms with Crippen LogP contribution in [-0.2, 0) is 11.3 Å². The lowest BCUT2D eigenvalue weighted by atomic mass is 10.2. The van der Waals surface area contributed by atoms with E-state index >= 15 is 0 Å². The number of nitrogens with two attached hydrogens (primary N) is 1. The normalized spacial score (nSPS) is 18.0. The molecule has 6 heteroatoms. The summed E-state index contributed by atoms with van der Waals surface area (Å²) in [5, 5.41) is 0.697. The average molecular weight is 319 g/mol. The van der Waals surface area contributed by atoms with Crippen LogP contribution in [-0.4, -0.2) is 36.2 Å². The maximum Gasteiger partial charge on any atom is 0.161 e. The van der Waals surface area contributed by atoms with Gasteiger partial charge in [0.1, 0.15) is 5.82 Å². The Labute approximate surface area is 135 Å². The van der Waals surface area contributed by atoms with Crippen LogP contribution >= 0.6 is 11.6 Å². The van der Waals surface area contributed by atoms with Gasteiger partial charge in [-0.25, -0.2) is 9.97 Å². The van der Waals surface area contributed by atoms with Crippen molar-refractivity contribution in [1.29, 1.82) is 0 Å². The number of nitrogens with zero attached hydrogens (tertiary/aromatic N) is 3. The molecule has 2 heterocycles. The van der Waals surface area contributed by atoms with Gasteiger partial charge in [-0.3, -0.25) is 0 Å². The van der Waals surface area contributed by atoms with Crippen LogP contribution in [0.5, 0.6) is 0 Å². The first-order chi connectivity index (χ1) is 10.7. The number of methoxy groups -OCH3 is 1. The summed E-state index contributed by atoms with van der Waals surface area (Å²) >= 11 is 5.95. The zero-order chi connectivity index (χ0) is 15.5. The van der Waals surface area contributed by atoms with E-state index in [2.05, 4.69) is 9.88 Å². The van der Waals surface area contributed by atoms with Crippen LogP contribution in [0, 0.1) is 0 Å². The third-order valence-electron chi connectivity index (χ3n) is 3.71. The molecule has 0 aliphatic carbocycles. The summed E-state index contributed by atoms with van der Waals surface area (Å²) in [5.74, 6) is 1.58. The molecule has 3 rings (SSSR count). The molecule has 1 aromatic carbocycles. The maximum atomic E-state index is 6.00. The molecule has 5 nitrogen and oxygen atoms in total. The first-order valence-corrected chi connectivity index (χ1v) is 7.67. The topological polar surface area (TPSA) is 64.3 Å². The van der Waals surface area contributed by atoms with E-state index in [0.717, 1.165) is 36.6 Å². The quantitative estimate of drug-likeness (QED) is 0.938. The number of hydrogen-bond acceptors (Lipinski definition) is 5. The van der Waals surface area contributed by atoms with Crippen molar-refractivity contribution in [3.05, 3.63) is 41.0 Å². The minimum atomic E-state index is 0.208. The Kier molecular flexibility index (Phi) is 4.57. The number of benzene rings is 1. The molecule has 0 spiro atoms. The Bertz CT molecular complexity index is 647. The van der Waals surface area contributed by atoms with Gasteiger partial charge in [0.05, 0.1) is 12.3 Å². The van der Waals surface area contributed by atoms with E-state index in [-0.39, 0.29) is 6.04 Å². The zero-order valence-electron chi connectivity index (χ0n) is 12.5. The van der Waals surface area contributed by atoms with Crippen molar-refractivity contribution in [2.24, 2.45) is 5.73 Å². The maximum absolute atomic E-state index is 6.00. The van der Waals surface area contributed by atoms with Crippen molar-refractivity contribution < 1.29 is 4.74 Å². The van der Waals surface area contributed by atoms with Crippen molar-refractivity contribution in [2.75, 3.05) is 25.1 Å². The van der Waals surface area contributed by atoms with Crippen LogP contribution in [0.25, 0.3) is 11.4 Å². The van der Waals surface area contributed by atoms with Crippen LogP contribution in [0.15, 0.2) is 30.3 Å². The standard InChI is InChI=1S/C16H19ClN4O/c1-22-10-14-8-15(21-7-6-13(18)9-21)20-16(19-14)11-2-4-12(17)5-3-11/h2-5,8,13H,6-7,9-10,18H2,1H3. The van der Waals surface area contributed by atoms with Crippen molar-refractivity contribution in [1.82, 2.24) is 9.97 Å². The minimum Gasteiger partial charge on any atom is -0.378 e. The van der Waals surface area contributed by atoms with Gasteiger partial charge in [0, 0.05) is 42.9 Å². The highest BCUT2D eigenvalue weighted by atomic mass is 35.5. The van der Waals surface area contributed by atoms with Crippen LogP contribution in [0.2, 0.25) is 5.02 Å². The van der Waals surface area contributed by atoms with Gasteiger partial charge in [-0.1, -0.05) is 11.6 Å².